The van der Waals surface area contributed by atoms with Crippen molar-refractivity contribution in [1.29, 1.82) is 0 Å². The molecule has 0 saturated heterocycles. The molecule has 0 heterocycles. The number of hydrogen-bond acceptors (Lipinski definition) is 4. The summed E-state index contributed by atoms with van der Waals surface area (Å²) in [4.78, 5) is 0. The third kappa shape index (κ3) is 8.61. The first-order valence-electron chi connectivity index (χ1n) is 13.6. The molecular weight excluding hydrogens is 524 g/mol. The third-order valence-corrected chi connectivity index (χ3v) is 30.7. The van der Waals surface area contributed by atoms with E-state index in [9.17, 15) is 0 Å². The summed E-state index contributed by atoms with van der Waals surface area (Å²) in [5.41, 5.74) is 2.73. The zero-order chi connectivity index (χ0) is 26.4. The fourth-order valence-electron chi connectivity index (χ4n) is 5.86. The summed E-state index contributed by atoms with van der Waals surface area (Å²) in [5.74, 6) is 0.801. The zero-order valence-corrected chi connectivity index (χ0v) is 29.6. The normalized spacial score (nSPS) is 14.5. The van der Waals surface area contributed by atoms with E-state index in [0.29, 0.717) is 58.3 Å². The molecule has 7 heteroatoms. The van der Waals surface area contributed by atoms with Gasteiger partial charge in [-0.1, -0.05) is 0 Å². The zero-order valence-electron chi connectivity index (χ0n) is 25.2. The van der Waals surface area contributed by atoms with Gasteiger partial charge in [-0.15, -0.1) is 0 Å². The fourth-order valence-corrected chi connectivity index (χ4v) is 38.9. The fraction of sp³-hybridized carbons (Fsp3) is 1.00. The average Bonchev–Trinajstić information content (AvgIpc) is 2.64. The van der Waals surface area contributed by atoms with Gasteiger partial charge in [0.05, 0.1) is 0 Å². The first kappa shape index (κ1) is 34.2. The summed E-state index contributed by atoms with van der Waals surface area (Å²) in [7, 11) is -4.54. The van der Waals surface area contributed by atoms with Crippen LogP contribution in [0, 0.1) is 11.8 Å². The molecule has 4 nitrogen and oxygen atoms in total. The van der Waals surface area contributed by atoms with Crippen molar-refractivity contribution >= 4 is 16.6 Å². The van der Waals surface area contributed by atoms with Crippen molar-refractivity contribution in [2.24, 2.45) is 11.8 Å². The van der Waals surface area contributed by atoms with E-state index in [4.69, 9.17) is 10.6 Å². The molecular formula is C26H60O4Si2Zr. The summed E-state index contributed by atoms with van der Waals surface area (Å²) in [6.07, 6.45) is 0. The number of rotatable bonds is 16. The van der Waals surface area contributed by atoms with Crippen LogP contribution in [0.3, 0.4) is 0 Å². The minimum atomic E-state index is -4.46. The average molecular weight is 584 g/mol. The summed E-state index contributed by atoms with van der Waals surface area (Å²) < 4.78 is 28.8. The van der Waals surface area contributed by atoms with Crippen LogP contribution in [0.4, 0.5) is 0 Å². The maximum atomic E-state index is 7.53. The van der Waals surface area contributed by atoms with Crippen LogP contribution in [0.15, 0.2) is 0 Å². The van der Waals surface area contributed by atoms with E-state index in [-0.39, 0.29) is 0 Å². The molecule has 0 fully saturated rings. The van der Waals surface area contributed by atoms with Crippen molar-refractivity contribution < 1.29 is 32.7 Å². The van der Waals surface area contributed by atoms with Gasteiger partial charge in [-0.25, -0.2) is 0 Å². The van der Waals surface area contributed by atoms with Crippen molar-refractivity contribution in [3.63, 3.8) is 0 Å². The van der Waals surface area contributed by atoms with E-state index in [1.54, 1.807) is 0 Å². The molecule has 0 aromatic heterocycles. The van der Waals surface area contributed by atoms with Crippen molar-refractivity contribution in [3.05, 3.63) is 0 Å². The predicted molar refractivity (Wildman–Crippen MR) is 146 cm³/mol. The first-order valence-corrected chi connectivity index (χ1v) is 21.9. The standard InChI is InChI=1S/2C9H21OSi.2C4H9O.Zr/c2*1-7(2)11(10,8(3)4)9(5)6;2*1-4(2)3-5;/h2*7-9H,1-6H3;2*4H,3H2,1-2H3;/q4*-1;+4. The Kier molecular flexibility index (Phi) is 14.7. The molecule has 0 rings (SSSR count). The quantitative estimate of drug-likeness (QED) is 0.170. The molecule has 0 bridgehead atoms. The topological polar surface area (TPSA) is 36.9 Å². The monoisotopic (exact) mass is 582 g/mol. The molecule has 0 aromatic carbocycles. The van der Waals surface area contributed by atoms with Crippen molar-refractivity contribution in [2.75, 3.05) is 13.2 Å². The Bertz CT molecular complexity index is 457. The van der Waals surface area contributed by atoms with Crippen LogP contribution in [0.25, 0.3) is 0 Å². The van der Waals surface area contributed by atoms with E-state index in [1.807, 2.05) is 0 Å². The van der Waals surface area contributed by atoms with Gasteiger partial charge < -0.3 is 0 Å². The van der Waals surface area contributed by atoms with Crippen LogP contribution in [0.1, 0.15) is 111 Å². The SMILES string of the molecule is CC(C)C[O][Zr]([O]CC(C)C)([O][Si](C(C)C)(C(C)C)C(C)C)[O][Si](C(C)C)(C(C)C)C(C)C. The second-order valence-corrected chi connectivity index (χ2v) is 30.4. The minimum absolute atomic E-state index is 0.400. The molecule has 0 aromatic rings. The van der Waals surface area contributed by atoms with Gasteiger partial charge in [0.15, 0.2) is 0 Å². The Morgan fingerprint density at radius 3 is 0.788 bits per heavy atom. The second kappa shape index (κ2) is 14.2. The van der Waals surface area contributed by atoms with Crippen molar-refractivity contribution in [3.8, 4) is 0 Å². The summed E-state index contributed by atoms with van der Waals surface area (Å²) >= 11 is -4.46. The predicted octanol–water partition coefficient (Wildman–Crippen LogP) is 9.53. The molecule has 200 valence electrons. The third-order valence-electron chi connectivity index (χ3n) is 7.20. The van der Waals surface area contributed by atoms with Gasteiger partial charge in [0.1, 0.15) is 0 Å². The van der Waals surface area contributed by atoms with Crippen LogP contribution < -0.4 is 0 Å². The molecule has 0 N–H and O–H groups in total. The van der Waals surface area contributed by atoms with Crippen LogP contribution in [0.2, 0.25) is 33.2 Å². The molecule has 0 atom stereocenters. The van der Waals surface area contributed by atoms with E-state index in [2.05, 4.69) is 111 Å². The summed E-state index contributed by atoms with van der Waals surface area (Å²) in [6, 6.07) is 0. The molecule has 33 heavy (non-hydrogen) atoms. The van der Waals surface area contributed by atoms with Crippen LogP contribution in [0.5, 0.6) is 0 Å². The van der Waals surface area contributed by atoms with Gasteiger partial charge in [0.25, 0.3) is 0 Å². The summed E-state index contributed by atoms with van der Waals surface area (Å²) in [5, 5.41) is 0. The van der Waals surface area contributed by atoms with Gasteiger partial charge in [-0.05, 0) is 0 Å². The van der Waals surface area contributed by atoms with Gasteiger partial charge in [0.2, 0.25) is 0 Å². The van der Waals surface area contributed by atoms with E-state index in [1.165, 1.54) is 0 Å². The van der Waals surface area contributed by atoms with Crippen LogP contribution in [-0.4, -0.2) is 29.8 Å². The molecule has 0 saturated carbocycles. The van der Waals surface area contributed by atoms with Crippen molar-refractivity contribution in [2.45, 2.75) is 144 Å². The maximum absolute atomic E-state index is 7.53. The molecule has 0 aliphatic heterocycles. The van der Waals surface area contributed by atoms with E-state index in [0.717, 1.165) is 0 Å². The second-order valence-electron chi connectivity index (χ2n) is 12.7. The van der Waals surface area contributed by atoms with Crippen LogP contribution >= 0.6 is 0 Å². The Morgan fingerprint density at radius 1 is 0.424 bits per heavy atom. The van der Waals surface area contributed by atoms with Gasteiger partial charge in [0, 0.05) is 0 Å². The number of hydrogen-bond donors (Lipinski definition) is 0. The van der Waals surface area contributed by atoms with Gasteiger partial charge >= 0.3 is 218 Å². The van der Waals surface area contributed by atoms with Gasteiger partial charge in [-0.2, -0.15) is 0 Å². The Morgan fingerprint density at radius 2 is 0.636 bits per heavy atom. The molecule has 0 unspecified atom stereocenters. The Balaban J connectivity index is 7.00. The van der Waals surface area contributed by atoms with Gasteiger partial charge in [-0.3, -0.25) is 0 Å². The molecule has 0 radical (unpaired) electrons. The van der Waals surface area contributed by atoms with Crippen molar-refractivity contribution in [1.82, 2.24) is 0 Å². The molecule has 0 aliphatic carbocycles. The van der Waals surface area contributed by atoms with E-state index >= 15 is 0 Å². The first-order chi connectivity index (χ1) is 14.9. The molecule has 0 spiro atoms. The van der Waals surface area contributed by atoms with E-state index < -0.39 is 38.7 Å². The molecule has 0 aliphatic rings. The van der Waals surface area contributed by atoms with Crippen LogP contribution in [-0.2, 0) is 32.7 Å². The Labute approximate surface area is 217 Å². The molecule has 0 amide bonds. The summed E-state index contributed by atoms with van der Waals surface area (Å²) in [6.45, 7) is 38.1. The Hall–Kier alpha value is 1.16.